The third-order valence-electron chi connectivity index (χ3n) is 2.71. The summed E-state index contributed by atoms with van der Waals surface area (Å²) in [6.45, 7) is 3.94. The highest BCUT2D eigenvalue weighted by Gasteiger charge is 2.12. The van der Waals surface area contributed by atoms with Gasteiger partial charge in [-0.2, -0.15) is 0 Å². The van der Waals surface area contributed by atoms with Crippen LogP contribution in [-0.4, -0.2) is 5.91 Å². The monoisotopic (exact) mass is 308 g/mol. The zero-order valence-corrected chi connectivity index (χ0v) is 11.7. The number of carbonyl (C=O) groups excluding carboxylic acids is 1. The molecule has 18 heavy (non-hydrogen) atoms. The molecule has 0 spiro atoms. The van der Waals surface area contributed by atoms with E-state index >= 15 is 0 Å². The maximum Gasteiger partial charge on any atom is 0.291 e. The number of halogens is 1. The third-order valence-corrected chi connectivity index (χ3v) is 3.14. The van der Waals surface area contributed by atoms with Crippen molar-refractivity contribution in [1.82, 2.24) is 0 Å². The summed E-state index contributed by atoms with van der Waals surface area (Å²) in [5.74, 6) is -0.0878. The number of nitrogen functional groups attached to an aromatic ring is 1. The third kappa shape index (κ3) is 2.56. The molecule has 0 aliphatic rings. The van der Waals surface area contributed by atoms with Crippen LogP contribution < -0.4 is 11.1 Å². The molecule has 0 radical (unpaired) electrons. The average Bonchev–Trinajstić information content (AvgIpc) is 2.73. The fourth-order valence-electron chi connectivity index (χ4n) is 1.57. The predicted molar refractivity (Wildman–Crippen MR) is 74.7 cm³/mol. The molecule has 5 heteroatoms. The second kappa shape index (κ2) is 4.86. The van der Waals surface area contributed by atoms with E-state index < -0.39 is 0 Å². The number of carbonyl (C=O) groups is 1. The molecule has 0 fully saturated rings. The van der Waals surface area contributed by atoms with Gasteiger partial charge in [-0.1, -0.05) is 0 Å². The summed E-state index contributed by atoms with van der Waals surface area (Å²) in [5.41, 5.74) is 9.16. The van der Waals surface area contributed by atoms with E-state index in [2.05, 4.69) is 21.2 Å². The van der Waals surface area contributed by atoms with Crippen LogP contribution in [0.3, 0.4) is 0 Å². The van der Waals surface area contributed by atoms with Gasteiger partial charge in [0.15, 0.2) is 10.4 Å². The quantitative estimate of drug-likeness (QED) is 0.834. The first kappa shape index (κ1) is 12.7. The van der Waals surface area contributed by atoms with Crippen molar-refractivity contribution in [1.29, 1.82) is 0 Å². The summed E-state index contributed by atoms with van der Waals surface area (Å²) >= 11 is 3.15. The number of benzene rings is 1. The first-order valence-corrected chi connectivity index (χ1v) is 6.20. The highest BCUT2D eigenvalue weighted by atomic mass is 79.9. The van der Waals surface area contributed by atoms with Crippen molar-refractivity contribution in [2.75, 3.05) is 11.1 Å². The molecule has 2 rings (SSSR count). The minimum atomic E-state index is -0.323. The standard InChI is InChI=1S/C13H13BrN2O2/c1-7-5-9(15)10(6-8(7)2)16-13(17)11-3-4-12(14)18-11/h3-6H,15H2,1-2H3,(H,16,17). The molecule has 0 bridgehead atoms. The van der Waals surface area contributed by atoms with E-state index in [1.54, 1.807) is 12.1 Å². The van der Waals surface area contributed by atoms with Crippen LogP contribution in [0.2, 0.25) is 0 Å². The summed E-state index contributed by atoms with van der Waals surface area (Å²) in [5, 5.41) is 2.73. The summed E-state index contributed by atoms with van der Waals surface area (Å²) in [4.78, 5) is 11.9. The topological polar surface area (TPSA) is 68.3 Å². The van der Waals surface area contributed by atoms with Crippen molar-refractivity contribution >= 4 is 33.2 Å². The maximum absolute atomic E-state index is 11.9. The van der Waals surface area contributed by atoms with Gasteiger partial charge in [0, 0.05) is 0 Å². The van der Waals surface area contributed by atoms with Gasteiger partial charge in [-0.15, -0.1) is 0 Å². The fraction of sp³-hybridized carbons (Fsp3) is 0.154. The first-order valence-electron chi connectivity index (χ1n) is 5.41. The van der Waals surface area contributed by atoms with Crippen molar-refractivity contribution in [3.05, 3.63) is 45.8 Å². The molecule has 4 nitrogen and oxygen atoms in total. The molecule has 1 heterocycles. The molecule has 94 valence electrons. The van der Waals surface area contributed by atoms with Gasteiger partial charge in [-0.25, -0.2) is 0 Å². The summed E-state index contributed by atoms with van der Waals surface area (Å²) < 4.78 is 5.69. The fourth-order valence-corrected chi connectivity index (χ4v) is 1.87. The first-order chi connectivity index (χ1) is 8.47. The normalized spacial score (nSPS) is 10.4. The predicted octanol–water partition coefficient (Wildman–Crippen LogP) is 3.49. The number of hydrogen-bond donors (Lipinski definition) is 2. The van der Waals surface area contributed by atoms with Crippen LogP contribution in [0.15, 0.2) is 33.4 Å². The number of aryl methyl sites for hydroxylation is 2. The van der Waals surface area contributed by atoms with Crippen LogP contribution in [0.1, 0.15) is 21.7 Å². The Morgan fingerprint density at radius 1 is 1.28 bits per heavy atom. The summed E-state index contributed by atoms with van der Waals surface area (Å²) in [6, 6.07) is 6.94. The molecule has 0 saturated carbocycles. The van der Waals surface area contributed by atoms with Crippen molar-refractivity contribution in [2.45, 2.75) is 13.8 Å². The van der Waals surface area contributed by atoms with Crippen LogP contribution >= 0.6 is 15.9 Å². The Hall–Kier alpha value is -1.75. The van der Waals surface area contributed by atoms with Gasteiger partial charge >= 0.3 is 0 Å². The largest absolute Gasteiger partial charge is 0.444 e. The van der Waals surface area contributed by atoms with E-state index in [4.69, 9.17) is 10.2 Å². The molecule has 1 aromatic heterocycles. The SMILES string of the molecule is Cc1cc(N)c(NC(=O)c2ccc(Br)o2)cc1C. The highest BCUT2D eigenvalue weighted by molar-refractivity contribution is 9.10. The van der Waals surface area contributed by atoms with Crippen molar-refractivity contribution in [3.8, 4) is 0 Å². The van der Waals surface area contributed by atoms with Gasteiger partial charge in [0.1, 0.15) is 0 Å². The van der Waals surface area contributed by atoms with E-state index in [0.717, 1.165) is 11.1 Å². The van der Waals surface area contributed by atoms with Crippen LogP contribution in [0.4, 0.5) is 11.4 Å². The lowest BCUT2D eigenvalue weighted by Gasteiger charge is -2.10. The molecule has 0 aliphatic carbocycles. The zero-order chi connectivity index (χ0) is 13.3. The lowest BCUT2D eigenvalue weighted by atomic mass is 10.1. The average molecular weight is 309 g/mol. The lowest BCUT2D eigenvalue weighted by Crippen LogP contribution is -2.12. The minimum Gasteiger partial charge on any atom is -0.444 e. The number of anilines is 2. The van der Waals surface area contributed by atoms with Gasteiger partial charge in [0.05, 0.1) is 11.4 Å². The molecule has 0 unspecified atom stereocenters. The molecule has 0 saturated heterocycles. The molecule has 0 aliphatic heterocycles. The molecular weight excluding hydrogens is 296 g/mol. The second-order valence-electron chi connectivity index (χ2n) is 4.08. The van der Waals surface area contributed by atoms with E-state index in [1.807, 2.05) is 26.0 Å². The maximum atomic E-state index is 11.9. The number of nitrogens with one attached hydrogen (secondary N) is 1. The van der Waals surface area contributed by atoms with Gasteiger partial charge in [0.25, 0.3) is 5.91 Å². The number of rotatable bonds is 2. The Morgan fingerprint density at radius 3 is 2.56 bits per heavy atom. The Balaban J connectivity index is 2.24. The summed E-state index contributed by atoms with van der Waals surface area (Å²) in [6.07, 6.45) is 0. The molecule has 1 amide bonds. The molecule has 1 aromatic carbocycles. The van der Waals surface area contributed by atoms with Crippen LogP contribution in [0.25, 0.3) is 0 Å². The van der Waals surface area contributed by atoms with E-state index in [-0.39, 0.29) is 11.7 Å². The Morgan fingerprint density at radius 2 is 1.94 bits per heavy atom. The number of amides is 1. The minimum absolute atomic E-state index is 0.236. The Labute approximate surface area is 113 Å². The van der Waals surface area contributed by atoms with Gasteiger partial charge in [-0.3, -0.25) is 4.79 Å². The molecule has 0 atom stereocenters. The number of nitrogens with two attached hydrogens (primary N) is 1. The van der Waals surface area contributed by atoms with Crippen molar-refractivity contribution in [2.24, 2.45) is 0 Å². The van der Waals surface area contributed by atoms with E-state index in [9.17, 15) is 4.79 Å². The Kier molecular flexibility index (Phi) is 3.43. The van der Waals surface area contributed by atoms with Crippen LogP contribution in [0.5, 0.6) is 0 Å². The second-order valence-corrected chi connectivity index (χ2v) is 4.86. The Bertz CT molecular complexity index is 605. The van der Waals surface area contributed by atoms with E-state index in [1.165, 1.54) is 0 Å². The van der Waals surface area contributed by atoms with Gasteiger partial charge < -0.3 is 15.5 Å². The molecular formula is C13H13BrN2O2. The smallest absolute Gasteiger partial charge is 0.291 e. The molecule has 2 aromatic rings. The van der Waals surface area contributed by atoms with Crippen LogP contribution in [0, 0.1) is 13.8 Å². The van der Waals surface area contributed by atoms with Crippen molar-refractivity contribution < 1.29 is 9.21 Å². The van der Waals surface area contributed by atoms with Gasteiger partial charge in [0.2, 0.25) is 0 Å². The number of hydrogen-bond acceptors (Lipinski definition) is 3. The number of furan rings is 1. The van der Waals surface area contributed by atoms with E-state index in [0.29, 0.717) is 16.0 Å². The van der Waals surface area contributed by atoms with Gasteiger partial charge in [-0.05, 0) is 65.2 Å². The summed E-state index contributed by atoms with van der Waals surface area (Å²) in [7, 11) is 0. The van der Waals surface area contributed by atoms with Crippen molar-refractivity contribution in [3.63, 3.8) is 0 Å². The highest BCUT2D eigenvalue weighted by Crippen LogP contribution is 2.24. The zero-order valence-electron chi connectivity index (χ0n) is 10.1. The molecule has 3 N–H and O–H groups in total. The lowest BCUT2D eigenvalue weighted by molar-refractivity contribution is 0.0995. The van der Waals surface area contributed by atoms with Crippen LogP contribution in [-0.2, 0) is 0 Å².